The normalized spacial score (nSPS) is 10.0. The van der Waals surface area contributed by atoms with Gasteiger partial charge in [-0.05, 0) is 12.3 Å². The molecular weight excluding hydrogens is 216 g/mol. The van der Waals surface area contributed by atoms with E-state index in [1.54, 1.807) is 0 Å². The third-order valence-electron chi connectivity index (χ3n) is 1.79. The van der Waals surface area contributed by atoms with E-state index in [-0.39, 0.29) is 17.0 Å². The van der Waals surface area contributed by atoms with Crippen LogP contribution in [0.5, 0.6) is 0 Å². The van der Waals surface area contributed by atoms with Crippen LogP contribution in [0.1, 0.15) is 20.3 Å². The summed E-state index contributed by atoms with van der Waals surface area (Å²) in [5, 5.41) is 0. The molecule has 0 aliphatic carbocycles. The molecule has 0 saturated heterocycles. The van der Waals surface area contributed by atoms with Crippen LogP contribution in [0.4, 0.5) is 0 Å². The zero-order valence-corrected chi connectivity index (χ0v) is 9.58. The van der Waals surface area contributed by atoms with Gasteiger partial charge in [-0.1, -0.05) is 13.8 Å². The SMILES string of the molecule is CC(C)CCn1cc[n+](C)c1.[Br-]. The number of rotatable bonds is 3. The second-order valence-electron chi connectivity index (χ2n) is 3.50. The number of aryl methyl sites for hydroxylation is 2. The van der Waals surface area contributed by atoms with Crippen molar-refractivity contribution in [1.82, 2.24) is 4.57 Å². The summed E-state index contributed by atoms with van der Waals surface area (Å²) < 4.78 is 4.29. The Balaban J connectivity index is 0.00000121. The van der Waals surface area contributed by atoms with Gasteiger partial charge < -0.3 is 17.0 Å². The van der Waals surface area contributed by atoms with Gasteiger partial charge in [0.25, 0.3) is 0 Å². The van der Waals surface area contributed by atoms with Gasteiger partial charge >= 0.3 is 0 Å². The van der Waals surface area contributed by atoms with E-state index in [2.05, 4.69) is 41.7 Å². The fourth-order valence-electron chi connectivity index (χ4n) is 1.04. The van der Waals surface area contributed by atoms with Crippen molar-refractivity contribution < 1.29 is 21.5 Å². The summed E-state index contributed by atoms with van der Waals surface area (Å²) in [5.74, 6) is 0.794. The van der Waals surface area contributed by atoms with E-state index in [0.29, 0.717) is 0 Å². The first-order valence-corrected chi connectivity index (χ1v) is 4.19. The van der Waals surface area contributed by atoms with Gasteiger partial charge in [-0.25, -0.2) is 9.13 Å². The zero-order chi connectivity index (χ0) is 8.27. The van der Waals surface area contributed by atoms with Gasteiger partial charge in [-0.3, -0.25) is 0 Å². The minimum atomic E-state index is 0. The van der Waals surface area contributed by atoms with Gasteiger partial charge in [0.15, 0.2) is 0 Å². The highest BCUT2D eigenvalue weighted by molar-refractivity contribution is 4.65. The van der Waals surface area contributed by atoms with Crippen molar-refractivity contribution >= 4 is 0 Å². The molecule has 0 N–H and O–H groups in total. The van der Waals surface area contributed by atoms with Gasteiger partial charge in [-0.2, -0.15) is 0 Å². The maximum Gasteiger partial charge on any atom is 0.243 e. The van der Waals surface area contributed by atoms with Crippen LogP contribution >= 0.6 is 0 Å². The third-order valence-corrected chi connectivity index (χ3v) is 1.79. The van der Waals surface area contributed by atoms with E-state index in [9.17, 15) is 0 Å². The summed E-state index contributed by atoms with van der Waals surface area (Å²) in [5.41, 5.74) is 0. The molecule has 0 fully saturated rings. The average molecular weight is 233 g/mol. The van der Waals surface area contributed by atoms with E-state index in [4.69, 9.17) is 0 Å². The lowest BCUT2D eigenvalue weighted by atomic mass is 10.1. The number of aromatic nitrogens is 2. The molecule has 0 aliphatic rings. The Kier molecular flexibility index (Phi) is 5.22. The van der Waals surface area contributed by atoms with Crippen molar-refractivity contribution in [2.75, 3.05) is 0 Å². The highest BCUT2D eigenvalue weighted by atomic mass is 79.9. The molecule has 1 aromatic heterocycles. The van der Waals surface area contributed by atoms with Gasteiger partial charge in [0, 0.05) is 0 Å². The molecule has 1 heterocycles. The molecule has 3 heteroatoms. The maximum atomic E-state index is 2.25. The average Bonchev–Trinajstić information content (AvgIpc) is 2.31. The Hall–Kier alpha value is -0.310. The van der Waals surface area contributed by atoms with Crippen LogP contribution < -0.4 is 21.5 Å². The summed E-state index contributed by atoms with van der Waals surface area (Å²) in [7, 11) is 2.05. The first kappa shape index (κ1) is 11.7. The zero-order valence-electron chi connectivity index (χ0n) is 8.00. The van der Waals surface area contributed by atoms with Gasteiger partial charge in [0.05, 0.1) is 13.6 Å². The highest BCUT2D eigenvalue weighted by Gasteiger charge is 2.00. The standard InChI is InChI=1S/C9H17N2.BrH/c1-9(2)4-5-11-7-6-10(3)8-11;/h6-9H,4-5H2,1-3H3;1H/q+1;/p-1. The molecular formula is C9H17BrN2. The van der Waals surface area contributed by atoms with Crippen molar-refractivity contribution in [2.45, 2.75) is 26.8 Å². The lowest BCUT2D eigenvalue weighted by Crippen LogP contribution is -3.00. The molecule has 0 unspecified atom stereocenters. The maximum absolute atomic E-state index is 2.25. The first-order valence-electron chi connectivity index (χ1n) is 4.19. The number of hydrogen-bond acceptors (Lipinski definition) is 0. The molecule has 0 spiro atoms. The van der Waals surface area contributed by atoms with Crippen LogP contribution in [-0.4, -0.2) is 4.57 Å². The summed E-state index contributed by atoms with van der Waals surface area (Å²) in [6, 6.07) is 0. The number of halogens is 1. The first-order chi connectivity index (χ1) is 5.18. The number of hydrogen-bond donors (Lipinski definition) is 0. The van der Waals surface area contributed by atoms with Crippen molar-refractivity contribution in [2.24, 2.45) is 13.0 Å². The predicted molar refractivity (Wildman–Crippen MR) is 45.1 cm³/mol. The van der Waals surface area contributed by atoms with Crippen LogP contribution in [0, 0.1) is 5.92 Å². The summed E-state index contributed by atoms with van der Waals surface area (Å²) in [6.45, 7) is 5.64. The lowest BCUT2D eigenvalue weighted by molar-refractivity contribution is -0.671. The van der Waals surface area contributed by atoms with Gasteiger partial charge in [0.2, 0.25) is 6.33 Å². The van der Waals surface area contributed by atoms with E-state index < -0.39 is 0 Å². The largest absolute Gasteiger partial charge is 1.00 e. The van der Waals surface area contributed by atoms with Crippen LogP contribution in [0.3, 0.4) is 0 Å². The van der Waals surface area contributed by atoms with Crippen molar-refractivity contribution in [3.05, 3.63) is 18.7 Å². The monoisotopic (exact) mass is 232 g/mol. The Bertz CT molecular complexity index is 218. The van der Waals surface area contributed by atoms with Crippen molar-refractivity contribution in [3.63, 3.8) is 0 Å². The molecule has 70 valence electrons. The van der Waals surface area contributed by atoms with Crippen LogP contribution in [-0.2, 0) is 13.6 Å². The highest BCUT2D eigenvalue weighted by Crippen LogP contribution is 2.00. The fourth-order valence-corrected chi connectivity index (χ4v) is 1.04. The second-order valence-corrected chi connectivity index (χ2v) is 3.50. The Morgan fingerprint density at radius 2 is 2.08 bits per heavy atom. The molecule has 0 atom stereocenters. The molecule has 0 amide bonds. The minimum absolute atomic E-state index is 0. The van der Waals surface area contributed by atoms with Crippen molar-refractivity contribution in [3.8, 4) is 0 Å². The molecule has 2 nitrogen and oxygen atoms in total. The van der Waals surface area contributed by atoms with Crippen LogP contribution in [0.15, 0.2) is 18.7 Å². The Labute approximate surface area is 85.0 Å². The topological polar surface area (TPSA) is 8.81 Å². The van der Waals surface area contributed by atoms with E-state index in [0.717, 1.165) is 12.5 Å². The fraction of sp³-hybridized carbons (Fsp3) is 0.667. The third kappa shape index (κ3) is 3.90. The minimum Gasteiger partial charge on any atom is -1.00 e. The molecule has 0 saturated carbocycles. The molecule has 0 bridgehead atoms. The van der Waals surface area contributed by atoms with Crippen LogP contribution in [0.25, 0.3) is 0 Å². The molecule has 12 heavy (non-hydrogen) atoms. The summed E-state index contributed by atoms with van der Waals surface area (Å²) in [4.78, 5) is 0. The molecule has 0 aromatic carbocycles. The predicted octanol–water partition coefficient (Wildman–Crippen LogP) is -1.64. The Morgan fingerprint density at radius 3 is 2.50 bits per heavy atom. The smallest absolute Gasteiger partial charge is 0.243 e. The molecule has 0 radical (unpaired) electrons. The molecule has 0 aliphatic heterocycles. The molecule has 1 aromatic rings. The van der Waals surface area contributed by atoms with Crippen LogP contribution in [0.2, 0.25) is 0 Å². The van der Waals surface area contributed by atoms with Gasteiger partial charge in [-0.15, -0.1) is 0 Å². The number of imidazole rings is 1. The number of nitrogens with zero attached hydrogens (tertiary/aromatic N) is 2. The molecule has 1 rings (SSSR count). The van der Waals surface area contributed by atoms with Crippen molar-refractivity contribution in [1.29, 1.82) is 0 Å². The van der Waals surface area contributed by atoms with E-state index in [1.807, 2.05) is 7.05 Å². The second kappa shape index (κ2) is 5.36. The van der Waals surface area contributed by atoms with E-state index in [1.165, 1.54) is 6.42 Å². The quantitative estimate of drug-likeness (QED) is 0.554. The summed E-state index contributed by atoms with van der Waals surface area (Å²) in [6.07, 6.45) is 7.56. The Morgan fingerprint density at radius 1 is 1.42 bits per heavy atom. The van der Waals surface area contributed by atoms with E-state index >= 15 is 0 Å². The lowest BCUT2D eigenvalue weighted by Gasteiger charge is -1.99. The van der Waals surface area contributed by atoms with Gasteiger partial charge in [0.1, 0.15) is 12.4 Å². The summed E-state index contributed by atoms with van der Waals surface area (Å²) >= 11 is 0.